The number of para-hydroxylation sites is 1. The summed E-state index contributed by atoms with van der Waals surface area (Å²) in [6.45, 7) is 0. The molecule has 0 atom stereocenters. The molecule has 3 aromatic rings. The van der Waals surface area contributed by atoms with Gasteiger partial charge in [0.2, 0.25) is 0 Å². The van der Waals surface area contributed by atoms with E-state index in [4.69, 9.17) is 11.6 Å². The second-order valence-corrected chi connectivity index (χ2v) is 5.58. The summed E-state index contributed by atoms with van der Waals surface area (Å²) in [6, 6.07) is 9.36. The van der Waals surface area contributed by atoms with Crippen molar-refractivity contribution < 1.29 is 9.18 Å². The molecule has 20 heavy (non-hydrogen) atoms. The number of aromatic nitrogens is 1. The number of nitrogens with one attached hydrogen (secondary N) is 1. The van der Waals surface area contributed by atoms with Crippen LogP contribution in [-0.4, -0.2) is 10.8 Å². The maximum atomic E-state index is 13.1. The van der Waals surface area contributed by atoms with Crippen LogP contribution >= 0.6 is 27.5 Å². The lowest BCUT2D eigenvalue weighted by molar-refractivity contribution is 0.103. The zero-order valence-corrected chi connectivity index (χ0v) is 12.4. The molecule has 0 radical (unpaired) electrons. The Balaban J connectivity index is 2.16. The number of carbonyl (C=O) groups is 1. The SMILES string of the molecule is O=C(c1ccc(F)cc1Br)c1c[nH]c2c(Cl)cccc12. The number of hydrogen-bond acceptors (Lipinski definition) is 1. The average molecular weight is 353 g/mol. The van der Waals surface area contributed by atoms with Crippen LogP contribution < -0.4 is 0 Å². The number of H-pyrrole nitrogens is 1. The molecule has 0 bridgehead atoms. The van der Waals surface area contributed by atoms with E-state index in [9.17, 15) is 9.18 Å². The molecule has 1 aromatic heterocycles. The predicted molar refractivity (Wildman–Crippen MR) is 80.8 cm³/mol. The molecular formula is C15H8BrClFNO. The predicted octanol–water partition coefficient (Wildman–Crippen LogP) is 4.95. The third-order valence-corrected chi connectivity index (χ3v) is 4.06. The summed E-state index contributed by atoms with van der Waals surface area (Å²) in [5.41, 5.74) is 1.64. The van der Waals surface area contributed by atoms with E-state index >= 15 is 0 Å². The number of rotatable bonds is 2. The lowest BCUT2D eigenvalue weighted by atomic mass is 10.0. The first kappa shape index (κ1) is 13.3. The minimum atomic E-state index is -0.393. The average Bonchev–Trinajstić information content (AvgIpc) is 2.83. The molecule has 5 heteroatoms. The van der Waals surface area contributed by atoms with Gasteiger partial charge < -0.3 is 4.98 Å². The fraction of sp³-hybridized carbons (Fsp3) is 0. The molecule has 1 heterocycles. The Morgan fingerprint density at radius 3 is 2.75 bits per heavy atom. The molecule has 0 fully saturated rings. The van der Waals surface area contributed by atoms with Crippen LogP contribution in [0.25, 0.3) is 10.9 Å². The van der Waals surface area contributed by atoms with E-state index in [2.05, 4.69) is 20.9 Å². The molecular weight excluding hydrogens is 345 g/mol. The lowest BCUT2D eigenvalue weighted by Gasteiger charge is -2.03. The standard InChI is InChI=1S/C15H8BrClFNO/c16-12-6-8(18)4-5-10(12)15(20)11-7-19-14-9(11)2-1-3-13(14)17/h1-7,19H. The van der Waals surface area contributed by atoms with Crippen LogP contribution in [0.15, 0.2) is 47.1 Å². The molecule has 3 rings (SSSR count). The Morgan fingerprint density at radius 2 is 2.00 bits per heavy atom. The molecule has 0 aliphatic rings. The van der Waals surface area contributed by atoms with Gasteiger partial charge in [-0.2, -0.15) is 0 Å². The lowest BCUT2D eigenvalue weighted by Crippen LogP contribution is -2.01. The normalized spacial score (nSPS) is 10.9. The summed E-state index contributed by atoms with van der Waals surface area (Å²) < 4.78 is 13.5. The third-order valence-electron chi connectivity index (χ3n) is 3.09. The molecule has 0 aliphatic heterocycles. The molecule has 0 saturated heterocycles. The summed E-state index contributed by atoms with van der Waals surface area (Å²) >= 11 is 9.29. The fourth-order valence-corrected chi connectivity index (χ4v) is 2.88. The van der Waals surface area contributed by atoms with Gasteiger partial charge in [0.25, 0.3) is 0 Å². The van der Waals surface area contributed by atoms with Crippen LogP contribution in [0.5, 0.6) is 0 Å². The molecule has 100 valence electrons. The van der Waals surface area contributed by atoms with Crippen molar-refractivity contribution in [3.63, 3.8) is 0 Å². The Kier molecular flexibility index (Phi) is 3.36. The van der Waals surface area contributed by atoms with Crippen LogP contribution in [0.4, 0.5) is 4.39 Å². The maximum Gasteiger partial charge on any atom is 0.196 e. The Labute approximate surface area is 127 Å². The van der Waals surface area contributed by atoms with Gasteiger partial charge in [-0.25, -0.2) is 4.39 Å². The molecule has 1 N–H and O–H groups in total. The summed E-state index contributed by atoms with van der Waals surface area (Å²) in [5, 5.41) is 1.30. The highest BCUT2D eigenvalue weighted by Crippen LogP contribution is 2.28. The number of benzene rings is 2. The van der Waals surface area contributed by atoms with Crippen molar-refractivity contribution in [1.82, 2.24) is 4.98 Å². The van der Waals surface area contributed by atoms with Gasteiger partial charge in [0.1, 0.15) is 5.82 Å². The summed E-state index contributed by atoms with van der Waals surface area (Å²) in [5.74, 6) is -0.583. The first-order valence-electron chi connectivity index (χ1n) is 5.83. The molecule has 2 nitrogen and oxygen atoms in total. The van der Waals surface area contributed by atoms with Crippen molar-refractivity contribution in [3.05, 3.63) is 69.0 Å². The minimum absolute atomic E-state index is 0.189. The smallest absolute Gasteiger partial charge is 0.196 e. The van der Waals surface area contributed by atoms with Gasteiger partial charge in [-0.15, -0.1) is 0 Å². The third kappa shape index (κ3) is 2.15. The van der Waals surface area contributed by atoms with Crippen molar-refractivity contribution in [1.29, 1.82) is 0 Å². The van der Waals surface area contributed by atoms with Gasteiger partial charge in [0.05, 0.1) is 10.5 Å². The maximum absolute atomic E-state index is 13.1. The Bertz CT molecular complexity index is 828. The molecule has 0 amide bonds. The molecule has 2 aromatic carbocycles. The highest BCUT2D eigenvalue weighted by molar-refractivity contribution is 9.10. The molecule has 0 spiro atoms. The first-order valence-corrected chi connectivity index (χ1v) is 7.00. The van der Waals surface area contributed by atoms with Crippen LogP contribution in [0.3, 0.4) is 0 Å². The molecule has 0 unspecified atom stereocenters. The van der Waals surface area contributed by atoms with Gasteiger partial charge in [-0.1, -0.05) is 23.7 Å². The van der Waals surface area contributed by atoms with Crippen molar-refractivity contribution >= 4 is 44.2 Å². The minimum Gasteiger partial charge on any atom is -0.359 e. The number of carbonyl (C=O) groups excluding carboxylic acids is 1. The van der Waals surface area contributed by atoms with E-state index in [0.29, 0.717) is 20.6 Å². The summed E-state index contributed by atoms with van der Waals surface area (Å²) in [7, 11) is 0. The van der Waals surface area contributed by atoms with Gasteiger partial charge in [0.15, 0.2) is 5.78 Å². The molecule has 0 saturated carbocycles. The van der Waals surface area contributed by atoms with Crippen LogP contribution in [0.2, 0.25) is 5.02 Å². The van der Waals surface area contributed by atoms with E-state index in [1.54, 1.807) is 18.3 Å². The van der Waals surface area contributed by atoms with Crippen LogP contribution in [-0.2, 0) is 0 Å². The largest absolute Gasteiger partial charge is 0.359 e. The number of fused-ring (bicyclic) bond motifs is 1. The second-order valence-electron chi connectivity index (χ2n) is 4.32. The summed E-state index contributed by atoms with van der Waals surface area (Å²) in [4.78, 5) is 15.5. The quantitative estimate of drug-likeness (QED) is 0.650. The van der Waals surface area contributed by atoms with Crippen LogP contribution in [0, 0.1) is 5.82 Å². The van der Waals surface area contributed by atoms with Gasteiger partial charge in [-0.3, -0.25) is 4.79 Å². The van der Waals surface area contributed by atoms with Gasteiger partial charge >= 0.3 is 0 Å². The fourth-order valence-electron chi connectivity index (χ4n) is 2.12. The number of hydrogen-bond donors (Lipinski definition) is 1. The molecule has 0 aliphatic carbocycles. The number of aromatic amines is 1. The topological polar surface area (TPSA) is 32.9 Å². The van der Waals surface area contributed by atoms with Crippen LogP contribution in [0.1, 0.15) is 15.9 Å². The van der Waals surface area contributed by atoms with E-state index in [1.807, 2.05) is 6.07 Å². The highest BCUT2D eigenvalue weighted by atomic mass is 79.9. The number of ketones is 1. The van der Waals surface area contributed by atoms with E-state index in [0.717, 1.165) is 10.9 Å². The van der Waals surface area contributed by atoms with E-state index in [1.165, 1.54) is 18.2 Å². The first-order chi connectivity index (χ1) is 9.58. The van der Waals surface area contributed by atoms with Gasteiger partial charge in [0, 0.05) is 27.2 Å². The Morgan fingerprint density at radius 1 is 1.20 bits per heavy atom. The van der Waals surface area contributed by atoms with Crippen molar-refractivity contribution in [2.24, 2.45) is 0 Å². The Hall–Kier alpha value is -1.65. The van der Waals surface area contributed by atoms with E-state index in [-0.39, 0.29) is 5.78 Å². The highest BCUT2D eigenvalue weighted by Gasteiger charge is 2.17. The zero-order valence-electron chi connectivity index (χ0n) is 10.1. The second kappa shape index (κ2) is 5.04. The number of halogens is 3. The van der Waals surface area contributed by atoms with Gasteiger partial charge in [-0.05, 0) is 40.2 Å². The van der Waals surface area contributed by atoms with Crippen molar-refractivity contribution in [3.8, 4) is 0 Å². The van der Waals surface area contributed by atoms with Crippen molar-refractivity contribution in [2.45, 2.75) is 0 Å². The van der Waals surface area contributed by atoms with Crippen molar-refractivity contribution in [2.75, 3.05) is 0 Å². The summed E-state index contributed by atoms with van der Waals surface area (Å²) in [6.07, 6.45) is 1.62. The monoisotopic (exact) mass is 351 g/mol. The van der Waals surface area contributed by atoms with E-state index < -0.39 is 5.82 Å². The zero-order chi connectivity index (χ0) is 14.3.